The highest BCUT2D eigenvalue weighted by Crippen LogP contribution is 2.25. The molecule has 1 aliphatic rings. The smallest absolute Gasteiger partial charge is 0.162 e. The van der Waals surface area contributed by atoms with Crippen molar-refractivity contribution in [3.63, 3.8) is 0 Å². The lowest BCUT2D eigenvalue weighted by atomic mass is 9.98. The summed E-state index contributed by atoms with van der Waals surface area (Å²) in [6.45, 7) is 4.44. The lowest BCUT2D eigenvalue weighted by molar-refractivity contribution is 0.165. The normalized spacial score (nSPS) is 20.4. The third-order valence-corrected chi connectivity index (χ3v) is 4.67. The standard InChI is InChI=1S/C15H21N3OS/c1-16-8-12-4-2-6-18(9-12)10-13-11-20-15(17-13)14-5-3-7-19-14/h3,5,7,11-12,16H,2,4,6,8-10H2,1H3. The van der Waals surface area contributed by atoms with Crippen LogP contribution in [0.25, 0.3) is 10.8 Å². The van der Waals surface area contributed by atoms with Crippen LogP contribution in [0.1, 0.15) is 18.5 Å². The Balaban J connectivity index is 1.60. The quantitative estimate of drug-likeness (QED) is 0.920. The number of hydrogen-bond acceptors (Lipinski definition) is 5. The summed E-state index contributed by atoms with van der Waals surface area (Å²) in [6.07, 6.45) is 4.33. The van der Waals surface area contributed by atoms with E-state index in [0.29, 0.717) is 0 Å². The summed E-state index contributed by atoms with van der Waals surface area (Å²) in [5, 5.41) is 6.42. The summed E-state index contributed by atoms with van der Waals surface area (Å²) in [5.74, 6) is 1.64. The number of likely N-dealkylation sites (tertiary alicyclic amines) is 1. The van der Waals surface area contributed by atoms with Gasteiger partial charge in [-0.15, -0.1) is 11.3 Å². The van der Waals surface area contributed by atoms with Gasteiger partial charge in [0.1, 0.15) is 0 Å². The molecular weight excluding hydrogens is 270 g/mol. The van der Waals surface area contributed by atoms with Crippen molar-refractivity contribution in [2.45, 2.75) is 19.4 Å². The lowest BCUT2D eigenvalue weighted by Gasteiger charge is -2.32. The number of furan rings is 1. The van der Waals surface area contributed by atoms with Gasteiger partial charge in [-0.3, -0.25) is 4.90 Å². The molecule has 0 radical (unpaired) electrons. The van der Waals surface area contributed by atoms with Crippen LogP contribution in [0, 0.1) is 5.92 Å². The molecule has 3 rings (SSSR count). The van der Waals surface area contributed by atoms with Gasteiger partial charge in [-0.25, -0.2) is 4.98 Å². The SMILES string of the molecule is CNCC1CCCN(Cc2csc(-c3ccco3)n2)C1. The van der Waals surface area contributed by atoms with E-state index in [-0.39, 0.29) is 0 Å². The van der Waals surface area contributed by atoms with Gasteiger partial charge in [0.05, 0.1) is 12.0 Å². The van der Waals surface area contributed by atoms with Gasteiger partial charge in [0.25, 0.3) is 0 Å². The van der Waals surface area contributed by atoms with Crippen LogP contribution in [-0.2, 0) is 6.54 Å². The van der Waals surface area contributed by atoms with Gasteiger partial charge in [-0.1, -0.05) is 0 Å². The zero-order valence-electron chi connectivity index (χ0n) is 11.8. The molecule has 1 aliphatic heterocycles. The van der Waals surface area contributed by atoms with Gasteiger partial charge >= 0.3 is 0 Å². The zero-order valence-corrected chi connectivity index (χ0v) is 12.7. The molecule has 0 aromatic carbocycles. The second-order valence-electron chi connectivity index (χ2n) is 5.42. The molecule has 0 saturated carbocycles. The maximum Gasteiger partial charge on any atom is 0.162 e. The van der Waals surface area contributed by atoms with E-state index in [9.17, 15) is 0 Å². The average molecular weight is 291 g/mol. The highest BCUT2D eigenvalue weighted by molar-refractivity contribution is 7.13. The maximum absolute atomic E-state index is 5.40. The number of piperidine rings is 1. The van der Waals surface area contributed by atoms with E-state index >= 15 is 0 Å². The highest BCUT2D eigenvalue weighted by atomic mass is 32.1. The fourth-order valence-electron chi connectivity index (χ4n) is 2.87. The van der Waals surface area contributed by atoms with Crippen LogP contribution >= 0.6 is 11.3 Å². The van der Waals surface area contributed by atoms with Crippen LogP contribution in [0.15, 0.2) is 28.2 Å². The first-order valence-electron chi connectivity index (χ1n) is 7.20. The van der Waals surface area contributed by atoms with Gasteiger partial charge in [-0.2, -0.15) is 0 Å². The molecule has 0 bridgehead atoms. The first-order valence-corrected chi connectivity index (χ1v) is 8.08. The van der Waals surface area contributed by atoms with Crippen molar-refractivity contribution in [2.75, 3.05) is 26.7 Å². The topological polar surface area (TPSA) is 41.3 Å². The first kappa shape index (κ1) is 13.8. The van der Waals surface area contributed by atoms with Crippen molar-refractivity contribution in [2.24, 2.45) is 5.92 Å². The fourth-order valence-corrected chi connectivity index (χ4v) is 3.65. The molecule has 1 saturated heterocycles. The van der Waals surface area contributed by atoms with Crippen LogP contribution in [-0.4, -0.2) is 36.6 Å². The largest absolute Gasteiger partial charge is 0.462 e. The van der Waals surface area contributed by atoms with Crippen LogP contribution in [0.2, 0.25) is 0 Å². The fraction of sp³-hybridized carbons (Fsp3) is 0.533. The molecule has 0 amide bonds. The van der Waals surface area contributed by atoms with E-state index in [0.717, 1.165) is 35.5 Å². The number of nitrogens with zero attached hydrogens (tertiary/aromatic N) is 2. The maximum atomic E-state index is 5.40. The second kappa shape index (κ2) is 6.52. The Morgan fingerprint density at radius 1 is 1.55 bits per heavy atom. The molecule has 1 fully saturated rings. The molecule has 5 heteroatoms. The van der Waals surface area contributed by atoms with Gasteiger partial charge < -0.3 is 9.73 Å². The zero-order chi connectivity index (χ0) is 13.8. The van der Waals surface area contributed by atoms with Gasteiger partial charge in [0.15, 0.2) is 10.8 Å². The minimum absolute atomic E-state index is 0.775. The van der Waals surface area contributed by atoms with E-state index in [1.807, 2.05) is 19.2 Å². The van der Waals surface area contributed by atoms with Crippen molar-refractivity contribution in [3.8, 4) is 10.8 Å². The Hall–Kier alpha value is -1.17. The van der Waals surface area contributed by atoms with Crippen molar-refractivity contribution in [3.05, 3.63) is 29.5 Å². The summed E-state index contributed by atoms with van der Waals surface area (Å²) >= 11 is 1.66. The first-order chi connectivity index (χ1) is 9.85. The lowest BCUT2D eigenvalue weighted by Crippen LogP contribution is -2.38. The summed E-state index contributed by atoms with van der Waals surface area (Å²) in [5.41, 5.74) is 1.16. The Labute approximate surface area is 123 Å². The molecule has 0 aliphatic carbocycles. The Morgan fingerprint density at radius 3 is 3.30 bits per heavy atom. The summed E-state index contributed by atoms with van der Waals surface area (Å²) in [6, 6.07) is 3.87. The molecule has 20 heavy (non-hydrogen) atoms. The molecule has 2 aromatic heterocycles. The predicted octanol–water partition coefficient (Wildman–Crippen LogP) is 2.83. The molecule has 2 aromatic rings. The van der Waals surface area contributed by atoms with Crippen LogP contribution in [0.4, 0.5) is 0 Å². The minimum Gasteiger partial charge on any atom is -0.462 e. The predicted molar refractivity (Wildman–Crippen MR) is 81.7 cm³/mol. The highest BCUT2D eigenvalue weighted by Gasteiger charge is 2.20. The number of nitrogens with one attached hydrogen (secondary N) is 1. The number of rotatable bonds is 5. The van der Waals surface area contributed by atoms with Crippen molar-refractivity contribution in [1.82, 2.24) is 15.2 Å². The third-order valence-electron chi connectivity index (χ3n) is 3.77. The Morgan fingerprint density at radius 2 is 2.50 bits per heavy atom. The summed E-state index contributed by atoms with van der Waals surface area (Å²) in [4.78, 5) is 7.21. The number of thiazole rings is 1. The van der Waals surface area contributed by atoms with E-state index in [2.05, 4.69) is 20.6 Å². The number of hydrogen-bond donors (Lipinski definition) is 1. The summed E-state index contributed by atoms with van der Waals surface area (Å²) < 4.78 is 5.40. The van der Waals surface area contributed by atoms with Gasteiger partial charge in [-0.05, 0) is 51.0 Å². The Kier molecular flexibility index (Phi) is 4.50. The third kappa shape index (κ3) is 3.29. The monoisotopic (exact) mass is 291 g/mol. The van der Waals surface area contributed by atoms with Crippen LogP contribution in [0.3, 0.4) is 0 Å². The summed E-state index contributed by atoms with van der Waals surface area (Å²) in [7, 11) is 2.04. The van der Waals surface area contributed by atoms with Crippen LogP contribution < -0.4 is 5.32 Å². The van der Waals surface area contributed by atoms with Crippen molar-refractivity contribution in [1.29, 1.82) is 0 Å². The van der Waals surface area contributed by atoms with Gasteiger partial charge in [0, 0.05) is 18.5 Å². The molecule has 0 spiro atoms. The van der Waals surface area contributed by atoms with Crippen LogP contribution in [0.5, 0.6) is 0 Å². The van der Waals surface area contributed by atoms with E-state index in [1.54, 1.807) is 17.6 Å². The molecule has 3 heterocycles. The van der Waals surface area contributed by atoms with E-state index < -0.39 is 0 Å². The molecule has 1 N–H and O–H groups in total. The molecule has 4 nitrogen and oxygen atoms in total. The van der Waals surface area contributed by atoms with Crippen molar-refractivity contribution >= 4 is 11.3 Å². The minimum atomic E-state index is 0.775. The molecule has 1 atom stereocenters. The van der Waals surface area contributed by atoms with Gasteiger partial charge in [0.2, 0.25) is 0 Å². The number of aromatic nitrogens is 1. The van der Waals surface area contributed by atoms with Crippen molar-refractivity contribution < 1.29 is 4.42 Å². The van der Waals surface area contributed by atoms with E-state index in [1.165, 1.54) is 25.9 Å². The average Bonchev–Trinajstić information content (AvgIpc) is 3.10. The molecular formula is C15H21N3OS. The molecule has 108 valence electrons. The Bertz CT molecular complexity index is 521. The second-order valence-corrected chi connectivity index (χ2v) is 6.28. The molecule has 1 unspecified atom stereocenters. The van der Waals surface area contributed by atoms with E-state index in [4.69, 9.17) is 4.42 Å².